The van der Waals surface area contributed by atoms with Crippen molar-refractivity contribution in [2.75, 3.05) is 56.9 Å². The number of halogens is 3. The number of nitrogens with zero attached hydrogens (tertiary/aromatic N) is 4. The largest absolute Gasteiger partial charge is 0.398 e. The molecule has 2 atom stereocenters. The molecule has 2 aliphatic heterocycles. The number of carbonyl (C=O) groups is 2. The zero-order valence-corrected chi connectivity index (χ0v) is 26.9. The molecule has 41 heavy (non-hydrogen) atoms. The van der Waals surface area contributed by atoms with Gasteiger partial charge >= 0.3 is 0 Å². The second kappa shape index (κ2) is 12.9. The van der Waals surface area contributed by atoms with Crippen LogP contribution in [0.4, 0.5) is 11.4 Å². The fourth-order valence-corrected chi connectivity index (χ4v) is 6.53. The normalized spacial score (nSPS) is 19.3. The first-order chi connectivity index (χ1) is 19.6. The van der Waals surface area contributed by atoms with Gasteiger partial charge in [-0.25, -0.2) is 0 Å². The Morgan fingerprint density at radius 2 is 1.61 bits per heavy atom. The molecule has 1 saturated heterocycles. The van der Waals surface area contributed by atoms with E-state index in [9.17, 15) is 9.59 Å². The van der Waals surface area contributed by atoms with Gasteiger partial charge in [-0.15, -0.1) is 0 Å². The molecule has 0 aromatic heterocycles. The summed E-state index contributed by atoms with van der Waals surface area (Å²) in [6.07, 6.45) is 0.794. The number of benzene rings is 3. The molecule has 216 valence electrons. The maximum atomic E-state index is 14.7. The first-order valence-electron chi connectivity index (χ1n) is 13.8. The van der Waals surface area contributed by atoms with E-state index in [2.05, 4.69) is 39.4 Å². The highest BCUT2D eigenvalue weighted by Crippen LogP contribution is 2.41. The number of nitrogen functional groups attached to an aromatic ring is 1. The van der Waals surface area contributed by atoms with E-state index in [0.29, 0.717) is 39.1 Å². The Labute approximate surface area is 265 Å². The van der Waals surface area contributed by atoms with Crippen molar-refractivity contribution in [3.63, 3.8) is 0 Å². The van der Waals surface area contributed by atoms with Gasteiger partial charge in [0.2, 0.25) is 0 Å². The summed E-state index contributed by atoms with van der Waals surface area (Å²) in [6, 6.07) is 16.7. The number of carbonyl (C=O) groups excluding carboxylic acids is 2. The number of fused-ring (bicyclic) bond motifs is 1. The summed E-state index contributed by atoms with van der Waals surface area (Å²) in [5.41, 5.74) is 9.42. The minimum atomic E-state index is -0.876. The van der Waals surface area contributed by atoms with Crippen LogP contribution in [0, 0.1) is 3.57 Å². The molecule has 0 radical (unpaired) electrons. The van der Waals surface area contributed by atoms with Crippen LogP contribution >= 0.6 is 45.8 Å². The monoisotopic (exact) mass is 705 g/mol. The van der Waals surface area contributed by atoms with Crippen molar-refractivity contribution in [1.82, 2.24) is 14.7 Å². The van der Waals surface area contributed by atoms with Crippen molar-refractivity contribution < 1.29 is 9.59 Å². The average molecular weight is 706 g/mol. The molecule has 1 fully saturated rings. The number of likely N-dealkylation sites (N-methyl/N-ethyl adjacent to an activating group) is 1. The average Bonchev–Trinajstić information content (AvgIpc) is 3.03. The molecular formula is C31H34Cl2IN5O2. The van der Waals surface area contributed by atoms with Crippen LogP contribution in [0.25, 0.3) is 0 Å². The van der Waals surface area contributed by atoms with Crippen LogP contribution in [0.1, 0.15) is 46.9 Å². The lowest BCUT2D eigenvalue weighted by atomic mass is 9.97. The Hall–Kier alpha value is -2.37. The third-order valence-electron chi connectivity index (χ3n) is 8.05. The maximum absolute atomic E-state index is 14.7. The highest BCUT2D eigenvalue weighted by atomic mass is 127. The number of hydrogen-bond acceptors (Lipinski definition) is 5. The lowest BCUT2D eigenvalue weighted by Crippen LogP contribution is -2.46. The van der Waals surface area contributed by atoms with E-state index in [1.807, 2.05) is 43.3 Å². The van der Waals surface area contributed by atoms with Gasteiger partial charge in [-0.1, -0.05) is 41.4 Å². The molecule has 0 aliphatic carbocycles. The van der Waals surface area contributed by atoms with Crippen LogP contribution in [0.5, 0.6) is 0 Å². The van der Waals surface area contributed by atoms with E-state index < -0.39 is 12.1 Å². The first-order valence-corrected chi connectivity index (χ1v) is 15.6. The molecule has 2 amide bonds. The van der Waals surface area contributed by atoms with Crippen molar-refractivity contribution >= 4 is 69.0 Å². The van der Waals surface area contributed by atoms with Gasteiger partial charge in [-0.3, -0.25) is 9.59 Å². The molecule has 0 saturated carbocycles. The van der Waals surface area contributed by atoms with E-state index in [4.69, 9.17) is 28.9 Å². The predicted molar refractivity (Wildman–Crippen MR) is 175 cm³/mol. The molecule has 3 aromatic carbocycles. The first kappa shape index (κ1) is 30.1. The number of amides is 2. The maximum Gasteiger partial charge on any atom is 0.257 e. The molecule has 2 N–H and O–H groups in total. The Morgan fingerprint density at radius 3 is 2.29 bits per heavy atom. The van der Waals surface area contributed by atoms with E-state index in [1.54, 1.807) is 34.1 Å². The summed E-state index contributed by atoms with van der Waals surface area (Å²) < 4.78 is 0.920. The van der Waals surface area contributed by atoms with Crippen molar-refractivity contribution in [2.45, 2.75) is 25.4 Å². The van der Waals surface area contributed by atoms with Crippen molar-refractivity contribution in [3.05, 3.63) is 91.0 Å². The molecule has 0 bridgehead atoms. The lowest BCUT2D eigenvalue weighted by molar-refractivity contribution is -0.123. The van der Waals surface area contributed by atoms with Crippen molar-refractivity contribution in [3.8, 4) is 0 Å². The molecule has 0 spiro atoms. The fourth-order valence-electron chi connectivity index (χ4n) is 5.73. The van der Waals surface area contributed by atoms with Gasteiger partial charge < -0.3 is 25.3 Å². The third kappa shape index (κ3) is 6.51. The molecule has 10 heteroatoms. The smallest absolute Gasteiger partial charge is 0.257 e. The number of anilines is 2. The Bertz CT molecular complexity index is 1430. The van der Waals surface area contributed by atoms with Gasteiger partial charge in [-0.05, 0) is 103 Å². The SMILES string of the molecule is C[C@H](c1ccc(Cl)cc1N)N1C(=O)c2cc(I)ccc2N(CCCN2CCN(C)CC2)C(=O)[C@H]1c1ccc(Cl)cc1. The fraction of sp³-hybridized carbons (Fsp3) is 0.355. The number of nitrogens with two attached hydrogens (primary N) is 1. The molecule has 7 nitrogen and oxygen atoms in total. The Balaban J connectivity index is 1.57. The zero-order chi connectivity index (χ0) is 29.3. The van der Waals surface area contributed by atoms with E-state index in [-0.39, 0.29) is 11.8 Å². The predicted octanol–water partition coefficient (Wildman–Crippen LogP) is 6.11. The van der Waals surface area contributed by atoms with Gasteiger partial charge in [0.1, 0.15) is 6.04 Å². The summed E-state index contributed by atoms with van der Waals surface area (Å²) >= 11 is 14.6. The van der Waals surface area contributed by atoms with Gasteiger partial charge in [-0.2, -0.15) is 0 Å². The molecule has 5 rings (SSSR count). The summed E-state index contributed by atoms with van der Waals surface area (Å²) in [4.78, 5) is 37.4. The van der Waals surface area contributed by atoms with Gasteiger partial charge in [0, 0.05) is 52.0 Å². The zero-order valence-electron chi connectivity index (χ0n) is 23.2. The highest BCUT2D eigenvalue weighted by Gasteiger charge is 2.43. The molecule has 2 heterocycles. The summed E-state index contributed by atoms with van der Waals surface area (Å²) in [5.74, 6) is -0.381. The molecule has 0 unspecified atom stereocenters. The Kier molecular flexibility index (Phi) is 9.45. The molecular weight excluding hydrogens is 672 g/mol. The summed E-state index contributed by atoms with van der Waals surface area (Å²) in [5, 5.41) is 1.07. The van der Waals surface area contributed by atoms with E-state index in [1.165, 1.54) is 0 Å². The minimum absolute atomic E-state index is 0.154. The van der Waals surface area contributed by atoms with Gasteiger partial charge in [0.15, 0.2) is 0 Å². The second-order valence-corrected chi connectivity index (χ2v) is 12.9. The van der Waals surface area contributed by atoms with Crippen molar-refractivity contribution in [2.24, 2.45) is 0 Å². The number of rotatable bonds is 7. The number of hydrogen-bond donors (Lipinski definition) is 1. The van der Waals surface area contributed by atoms with Gasteiger partial charge in [0.05, 0.1) is 17.3 Å². The quantitative estimate of drug-likeness (QED) is 0.237. The van der Waals surface area contributed by atoms with Crippen LogP contribution in [0.15, 0.2) is 60.7 Å². The summed E-state index contributed by atoms with van der Waals surface area (Å²) in [6.45, 7) is 7.40. The third-order valence-corrected chi connectivity index (χ3v) is 9.20. The van der Waals surface area contributed by atoms with Gasteiger partial charge in [0.25, 0.3) is 11.8 Å². The van der Waals surface area contributed by atoms with Crippen LogP contribution in [-0.2, 0) is 4.79 Å². The summed E-state index contributed by atoms with van der Waals surface area (Å²) in [7, 11) is 2.14. The second-order valence-electron chi connectivity index (χ2n) is 10.8. The van der Waals surface area contributed by atoms with Crippen LogP contribution in [-0.4, -0.2) is 72.8 Å². The topological polar surface area (TPSA) is 73.1 Å². The number of piperazine rings is 1. The van der Waals surface area contributed by atoms with Crippen LogP contribution in [0.3, 0.4) is 0 Å². The Morgan fingerprint density at radius 1 is 0.927 bits per heavy atom. The molecule has 2 aliphatic rings. The highest BCUT2D eigenvalue weighted by molar-refractivity contribution is 14.1. The molecule has 3 aromatic rings. The minimum Gasteiger partial charge on any atom is -0.398 e. The van der Waals surface area contributed by atoms with E-state index >= 15 is 0 Å². The lowest BCUT2D eigenvalue weighted by Gasteiger charge is -2.36. The standard InChI is InChI=1S/C31H34Cl2IN5O2/c1-20(25-10-8-23(33)18-27(25)35)39-29(21-4-6-22(32)7-5-21)31(41)38(13-3-12-37-16-14-36(2)15-17-37)28-11-9-24(34)19-26(28)30(39)40/h4-11,18-20,29H,3,12-17,35H2,1-2H3/t20-,29-/m1/s1. The van der Waals surface area contributed by atoms with Crippen LogP contribution < -0.4 is 10.6 Å². The van der Waals surface area contributed by atoms with Crippen LogP contribution in [0.2, 0.25) is 10.0 Å². The van der Waals surface area contributed by atoms with Crippen molar-refractivity contribution in [1.29, 1.82) is 0 Å². The van der Waals surface area contributed by atoms with E-state index in [0.717, 1.165) is 48.3 Å².